The fourth-order valence-electron chi connectivity index (χ4n) is 12.1. The first-order chi connectivity index (χ1) is 23.4. The van der Waals surface area contributed by atoms with Crippen molar-refractivity contribution in [2.45, 2.75) is 137 Å². The van der Waals surface area contributed by atoms with Crippen LogP contribution < -0.4 is 10.4 Å². The van der Waals surface area contributed by atoms with Crippen molar-refractivity contribution >= 4 is 24.7 Å². The summed E-state index contributed by atoms with van der Waals surface area (Å²) >= 11 is 0. The number of hydrogen-bond acceptors (Lipinski definition) is 3. The van der Waals surface area contributed by atoms with Gasteiger partial charge in [-0.05, 0) is 133 Å². The maximum Gasteiger partial charge on any atom is 0.308 e. The molecule has 2 aromatic rings. The zero-order chi connectivity index (χ0) is 35.0. The molecule has 0 unspecified atom stereocenters. The van der Waals surface area contributed by atoms with Crippen molar-refractivity contribution in [3.05, 3.63) is 72.3 Å². The van der Waals surface area contributed by atoms with Gasteiger partial charge in [-0.15, -0.1) is 0 Å². The summed E-state index contributed by atoms with van der Waals surface area (Å²) < 4.78 is 13.1. The Bertz CT molecular complexity index is 1410. The van der Waals surface area contributed by atoms with E-state index in [2.05, 4.69) is 115 Å². The minimum Gasteiger partial charge on any atom is -0.466 e. The zero-order valence-corrected chi connectivity index (χ0v) is 33.1. The highest BCUT2D eigenvalue weighted by molar-refractivity contribution is 6.99. The van der Waals surface area contributed by atoms with Crippen LogP contribution in [0.4, 0.5) is 0 Å². The number of fused-ring (bicyclic) bond motifs is 5. The highest BCUT2D eigenvalue weighted by Crippen LogP contribution is 2.67. The van der Waals surface area contributed by atoms with Gasteiger partial charge in [0.15, 0.2) is 0 Å². The lowest BCUT2D eigenvalue weighted by atomic mass is 9.47. The van der Waals surface area contributed by atoms with Crippen molar-refractivity contribution in [3.8, 4) is 0 Å². The molecule has 0 saturated heterocycles. The monoisotopic (exact) mass is 682 g/mol. The molecule has 3 saturated carbocycles. The van der Waals surface area contributed by atoms with Crippen molar-refractivity contribution in [3.63, 3.8) is 0 Å². The van der Waals surface area contributed by atoms with E-state index < -0.39 is 8.32 Å². The maximum atomic E-state index is 12.5. The van der Waals surface area contributed by atoms with Crippen LogP contribution in [-0.4, -0.2) is 27.0 Å². The van der Waals surface area contributed by atoms with E-state index >= 15 is 0 Å². The average molecular weight is 683 g/mol. The van der Waals surface area contributed by atoms with E-state index in [9.17, 15) is 4.79 Å². The van der Waals surface area contributed by atoms with Crippen LogP contribution >= 0.6 is 0 Å². The predicted octanol–water partition coefficient (Wildman–Crippen LogP) is 10.5. The molecule has 0 amide bonds. The predicted molar refractivity (Wildman–Crippen MR) is 206 cm³/mol. The molecule has 4 heteroatoms. The lowest BCUT2D eigenvalue weighted by molar-refractivity contribution is -0.148. The van der Waals surface area contributed by atoms with Gasteiger partial charge in [0.1, 0.15) is 0 Å². The third kappa shape index (κ3) is 6.56. The number of hydrogen-bond donors (Lipinski definition) is 0. The summed E-state index contributed by atoms with van der Waals surface area (Å²) in [5, 5.41) is 2.78. The SMILES string of the molecule is CCOC(=O)[C@H](CC)CC[C@@H](C)[C@H]1CC[C@H]2[C@@H]3CC=C4C[C@@H](O[Si](c5ccccc5)(c5ccccc5)C(C)(C)C)CC[C@]4(C)[C@H]3CC[C@]12C. The largest absolute Gasteiger partial charge is 0.466 e. The molecule has 4 aliphatic rings. The topological polar surface area (TPSA) is 35.5 Å². The summed E-state index contributed by atoms with van der Waals surface area (Å²) in [4.78, 5) is 12.5. The number of allylic oxidation sites excluding steroid dienone is 1. The molecule has 4 aliphatic carbocycles. The Balaban J connectivity index is 1.19. The Labute approximate surface area is 300 Å². The van der Waals surface area contributed by atoms with Gasteiger partial charge < -0.3 is 9.16 Å². The zero-order valence-electron chi connectivity index (χ0n) is 32.1. The number of rotatable bonds is 11. The van der Waals surface area contributed by atoms with Crippen LogP contribution in [0.5, 0.6) is 0 Å². The Kier molecular flexibility index (Phi) is 10.8. The molecule has 268 valence electrons. The third-order valence-electron chi connectivity index (χ3n) is 14.7. The normalized spacial score (nSPS) is 32.7. The second-order valence-corrected chi connectivity index (χ2v) is 22.3. The highest BCUT2D eigenvalue weighted by Gasteiger charge is 2.60. The van der Waals surface area contributed by atoms with Crippen molar-refractivity contribution in [2.24, 2.45) is 46.3 Å². The van der Waals surface area contributed by atoms with Crippen LogP contribution in [-0.2, 0) is 14.0 Å². The van der Waals surface area contributed by atoms with E-state index in [1.54, 1.807) is 5.57 Å². The number of carbonyl (C=O) groups is 1. The Morgan fingerprint density at radius 1 is 0.878 bits per heavy atom. The number of benzene rings is 2. The maximum absolute atomic E-state index is 12.5. The Hall–Kier alpha value is -2.17. The van der Waals surface area contributed by atoms with Gasteiger partial charge in [0.2, 0.25) is 0 Å². The summed E-state index contributed by atoms with van der Waals surface area (Å²) in [6.45, 7) is 19.6. The molecule has 0 aromatic heterocycles. The fraction of sp³-hybridized carbons (Fsp3) is 0.667. The molecule has 9 atom stereocenters. The summed E-state index contributed by atoms with van der Waals surface area (Å²) in [7, 11) is -2.58. The van der Waals surface area contributed by atoms with Gasteiger partial charge in [-0.3, -0.25) is 4.79 Å². The van der Waals surface area contributed by atoms with Gasteiger partial charge >= 0.3 is 5.97 Å². The smallest absolute Gasteiger partial charge is 0.308 e. The minimum atomic E-state index is -2.58. The van der Waals surface area contributed by atoms with Gasteiger partial charge in [-0.25, -0.2) is 0 Å². The summed E-state index contributed by atoms with van der Waals surface area (Å²) in [5.74, 6) is 3.93. The second kappa shape index (κ2) is 14.5. The minimum absolute atomic E-state index is 0.00272. The van der Waals surface area contributed by atoms with Gasteiger partial charge in [0, 0.05) is 6.10 Å². The van der Waals surface area contributed by atoms with Gasteiger partial charge in [-0.2, -0.15) is 0 Å². The molecule has 2 aromatic carbocycles. The lowest BCUT2D eigenvalue weighted by Crippen LogP contribution is -2.68. The first kappa shape index (κ1) is 36.6. The third-order valence-corrected chi connectivity index (χ3v) is 19.8. The standard InChI is InChI=1S/C45H66O3Si/c1-9-33(42(46)47-10-2)22-21-32(3)39-25-26-40-38-24-23-34-31-35(27-29-44(34,7)41(38)28-30-45(39,40)8)48-49(43(4,5)6,36-17-13-11-14-18-36)37-19-15-12-16-20-37/h11-20,23,32-33,35,38-41H,9-10,21-22,24-31H2,1-8H3/t32-,33-,35+,38+,39-,40+,41+,44+,45-/m1/s1. The quantitative estimate of drug-likeness (QED) is 0.134. The Morgan fingerprint density at radius 3 is 2.12 bits per heavy atom. The highest BCUT2D eigenvalue weighted by atomic mass is 28.4. The van der Waals surface area contributed by atoms with E-state index in [1.165, 1.54) is 48.9 Å². The van der Waals surface area contributed by atoms with E-state index in [4.69, 9.17) is 9.16 Å². The van der Waals surface area contributed by atoms with E-state index in [0.717, 1.165) is 55.8 Å². The number of esters is 1. The van der Waals surface area contributed by atoms with E-state index in [-0.39, 0.29) is 23.0 Å². The van der Waals surface area contributed by atoms with Crippen molar-refractivity contribution in [1.82, 2.24) is 0 Å². The van der Waals surface area contributed by atoms with Gasteiger partial charge in [-0.1, -0.05) is 121 Å². The first-order valence-electron chi connectivity index (χ1n) is 20.0. The second-order valence-electron chi connectivity index (χ2n) is 18.0. The summed E-state index contributed by atoms with van der Waals surface area (Å²) in [5.41, 5.74) is 2.43. The summed E-state index contributed by atoms with van der Waals surface area (Å²) in [6, 6.07) is 22.4. The first-order valence-corrected chi connectivity index (χ1v) is 21.9. The average Bonchev–Trinajstić information content (AvgIpc) is 3.45. The molecule has 6 rings (SSSR count). The van der Waals surface area contributed by atoms with Crippen LogP contribution in [0.25, 0.3) is 0 Å². The van der Waals surface area contributed by atoms with Crippen LogP contribution in [0, 0.1) is 46.3 Å². The van der Waals surface area contributed by atoms with Crippen molar-refractivity contribution in [1.29, 1.82) is 0 Å². The molecule has 3 fully saturated rings. The molecule has 3 nitrogen and oxygen atoms in total. The molecule has 0 heterocycles. The number of ether oxygens (including phenoxy) is 1. The molecular formula is C45H66O3Si. The molecule has 49 heavy (non-hydrogen) atoms. The molecule has 0 spiro atoms. The van der Waals surface area contributed by atoms with Crippen LogP contribution in [0.2, 0.25) is 5.04 Å². The number of carbonyl (C=O) groups excluding carboxylic acids is 1. The van der Waals surface area contributed by atoms with E-state index in [1.807, 2.05) is 6.92 Å². The van der Waals surface area contributed by atoms with E-state index in [0.29, 0.717) is 23.4 Å². The van der Waals surface area contributed by atoms with Crippen molar-refractivity contribution in [2.75, 3.05) is 6.61 Å². The summed E-state index contributed by atoms with van der Waals surface area (Å²) in [6.07, 6.45) is 16.2. The fourth-order valence-corrected chi connectivity index (χ4v) is 16.8. The van der Waals surface area contributed by atoms with Gasteiger partial charge in [0.25, 0.3) is 8.32 Å². The molecule has 0 aliphatic heterocycles. The van der Waals surface area contributed by atoms with Crippen molar-refractivity contribution < 1.29 is 14.0 Å². The molecular weight excluding hydrogens is 617 g/mol. The van der Waals surface area contributed by atoms with Crippen LogP contribution in [0.15, 0.2) is 72.3 Å². The molecule has 0 N–H and O–H groups in total. The van der Waals surface area contributed by atoms with Gasteiger partial charge in [0.05, 0.1) is 12.5 Å². The Morgan fingerprint density at radius 2 is 1.53 bits per heavy atom. The molecule has 0 bridgehead atoms. The molecule has 0 radical (unpaired) electrons. The van der Waals surface area contributed by atoms with Crippen LogP contribution in [0.3, 0.4) is 0 Å². The van der Waals surface area contributed by atoms with Crippen LogP contribution in [0.1, 0.15) is 126 Å². The lowest BCUT2D eigenvalue weighted by Gasteiger charge is -2.59.